The smallest absolute Gasteiger partial charge is 0.280 e. The molecule has 0 aliphatic rings. The predicted molar refractivity (Wildman–Crippen MR) is 118 cm³/mol. The van der Waals surface area contributed by atoms with Crippen LogP contribution in [0.1, 0.15) is 50.1 Å². The summed E-state index contributed by atoms with van der Waals surface area (Å²) in [5.41, 5.74) is 0.877. The Balaban J connectivity index is 1.85. The molecular formula is C21H23ClF2N6O. The van der Waals surface area contributed by atoms with Crippen LogP contribution in [0.2, 0.25) is 5.28 Å². The number of nitrogens with one attached hydrogen (secondary N) is 1. The van der Waals surface area contributed by atoms with Crippen molar-refractivity contribution in [1.82, 2.24) is 24.5 Å². The van der Waals surface area contributed by atoms with Gasteiger partial charge in [-0.2, -0.15) is 10.1 Å². The van der Waals surface area contributed by atoms with Crippen molar-refractivity contribution in [3.8, 4) is 0 Å². The molecule has 1 aromatic carbocycles. The molecule has 0 amide bonds. The van der Waals surface area contributed by atoms with Gasteiger partial charge >= 0.3 is 0 Å². The van der Waals surface area contributed by atoms with Gasteiger partial charge in [0, 0.05) is 24.5 Å². The van der Waals surface area contributed by atoms with E-state index in [9.17, 15) is 13.6 Å². The predicted octanol–water partition coefficient (Wildman–Crippen LogP) is 4.99. The molecule has 10 heteroatoms. The summed E-state index contributed by atoms with van der Waals surface area (Å²) in [5.74, 6) is 0.404. The number of hydrogen-bond donors (Lipinski definition) is 1. The van der Waals surface area contributed by atoms with Gasteiger partial charge in [0.2, 0.25) is 5.28 Å². The molecule has 7 nitrogen and oxygen atoms in total. The van der Waals surface area contributed by atoms with Gasteiger partial charge in [-0.15, -0.1) is 0 Å². The van der Waals surface area contributed by atoms with E-state index in [2.05, 4.69) is 20.1 Å². The van der Waals surface area contributed by atoms with Gasteiger partial charge in [0.15, 0.2) is 11.2 Å². The third-order valence-corrected chi connectivity index (χ3v) is 4.82. The maximum Gasteiger partial charge on any atom is 0.280 e. The van der Waals surface area contributed by atoms with Crippen molar-refractivity contribution < 1.29 is 8.78 Å². The molecule has 2 aromatic heterocycles. The third-order valence-electron chi connectivity index (χ3n) is 4.53. The van der Waals surface area contributed by atoms with Gasteiger partial charge < -0.3 is 4.98 Å². The monoisotopic (exact) mass is 448 g/mol. The molecule has 0 spiro atoms. The number of benzene rings is 1. The van der Waals surface area contributed by atoms with Crippen LogP contribution in [0.15, 0.2) is 40.4 Å². The summed E-state index contributed by atoms with van der Waals surface area (Å²) in [5, 5.41) is 5.91. The highest BCUT2D eigenvalue weighted by atomic mass is 35.5. The second kappa shape index (κ2) is 10.3. The number of alkyl halides is 2. The Morgan fingerprint density at radius 1 is 1.35 bits per heavy atom. The van der Waals surface area contributed by atoms with Crippen LogP contribution in [0.5, 0.6) is 0 Å². The van der Waals surface area contributed by atoms with Crippen molar-refractivity contribution in [1.29, 1.82) is 0 Å². The first-order chi connectivity index (χ1) is 14.9. The highest BCUT2D eigenvalue weighted by molar-refractivity contribution is 6.28. The van der Waals surface area contributed by atoms with Gasteiger partial charge in [-0.1, -0.05) is 31.5 Å². The van der Waals surface area contributed by atoms with E-state index in [4.69, 9.17) is 11.6 Å². The van der Waals surface area contributed by atoms with Gasteiger partial charge in [-0.25, -0.2) is 13.8 Å². The number of rotatable bonds is 9. The zero-order valence-corrected chi connectivity index (χ0v) is 18.0. The molecule has 0 bridgehead atoms. The average Bonchev–Trinajstić information content (AvgIpc) is 3.15. The molecule has 0 fully saturated rings. The number of aromatic nitrogens is 4. The van der Waals surface area contributed by atoms with Crippen LogP contribution < -0.4 is 5.56 Å². The molecule has 0 aliphatic carbocycles. The Morgan fingerprint density at radius 2 is 2.16 bits per heavy atom. The summed E-state index contributed by atoms with van der Waals surface area (Å²) in [6, 6.07) is 6.18. The molecule has 0 saturated carbocycles. The van der Waals surface area contributed by atoms with Crippen LogP contribution >= 0.6 is 11.6 Å². The highest BCUT2D eigenvalue weighted by Crippen LogP contribution is 2.20. The minimum atomic E-state index is -2.53. The van der Waals surface area contributed by atoms with Crippen LogP contribution in [0.3, 0.4) is 0 Å². The largest absolute Gasteiger partial charge is 0.332 e. The number of fused-ring (bicyclic) bond motifs is 1. The molecule has 2 heterocycles. The molecular weight excluding hydrogens is 426 g/mol. The summed E-state index contributed by atoms with van der Waals surface area (Å²) in [7, 11) is 0. The fourth-order valence-corrected chi connectivity index (χ4v) is 3.26. The first kappa shape index (κ1) is 22.6. The molecule has 0 saturated heterocycles. The van der Waals surface area contributed by atoms with E-state index in [0.717, 1.165) is 12.8 Å². The number of nitrogens with zero attached hydrogens (tertiary/aromatic N) is 5. The van der Waals surface area contributed by atoms with Crippen molar-refractivity contribution in [2.45, 2.75) is 46.2 Å². The zero-order chi connectivity index (χ0) is 22.4. The molecule has 0 radical (unpaired) electrons. The first-order valence-electron chi connectivity index (χ1n) is 9.89. The van der Waals surface area contributed by atoms with Gasteiger partial charge in [-0.05, 0) is 42.7 Å². The standard InChI is InChI=1S/C21H23ClF2N6O/c1-3-5-10-30-20(31)17-19(28-21(30)22)27-16(26-17)9-11-29(25-4-2)13-14-7-6-8-15(12-14)18(23)24/h4,6-9,11-12,18H,3,5,10,13H2,1-2H3,(H,26,27)/b11-9+,25-4-. The van der Waals surface area contributed by atoms with Crippen LogP contribution in [0.4, 0.5) is 8.78 Å². The van der Waals surface area contributed by atoms with E-state index < -0.39 is 6.43 Å². The topological polar surface area (TPSA) is 79.2 Å². The number of H-pyrrole nitrogens is 1. The molecule has 31 heavy (non-hydrogen) atoms. The molecule has 0 atom stereocenters. The van der Waals surface area contributed by atoms with Crippen LogP contribution in [0, 0.1) is 0 Å². The number of imidazole rings is 1. The maximum absolute atomic E-state index is 12.9. The lowest BCUT2D eigenvalue weighted by Gasteiger charge is -2.14. The van der Waals surface area contributed by atoms with Crippen molar-refractivity contribution in [2.75, 3.05) is 0 Å². The van der Waals surface area contributed by atoms with Crippen molar-refractivity contribution >= 4 is 35.1 Å². The molecule has 0 unspecified atom stereocenters. The number of hydrazone groups is 1. The van der Waals surface area contributed by atoms with Gasteiger partial charge in [0.25, 0.3) is 12.0 Å². The Morgan fingerprint density at radius 3 is 2.87 bits per heavy atom. The van der Waals surface area contributed by atoms with Gasteiger partial charge in [0.05, 0.1) is 6.54 Å². The lowest BCUT2D eigenvalue weighted by atomic mass is 10.1. The van der Waals surface area contributed by atoms with Crippen molar-refractivity contribution in [3.63, 3.8) is 0 Å². The number of aromatic amines is 1. The van der Waals surface area contributed by atoms with E-state index in [0.29, 0.717) is 17.9 Å². The summed E-state index contributed by atoms with van der Waals surface area (Å²) in [4.78, 5) is 24.2. The van der Waals surface area contributed by atoms with Crippen molar-refractivity contribution in [3.05, 3.63) is 63.1 Å². The Hall–Kier alpha value is -3.07. The SMILES string of the molecule is C/C=N\N(/C=C/c1nc2nc(Cl)n(CCCC)c(=O)c2[nH]1)Cc1cccc(C(F)F)c1. The minimum absolute atomic E-state index is 0.0403. The normalized spacial score (nSPS) is 12.1. The fourth-order valence-electron chi connectivity index (χ4n) is 3.02. The molecule has 1 N–H and O–H groups in total. The average molecular weight is 449 g/mol. The van der Waals surface area contributed by atoms with E-state index in [1.807, 2.05) is 6.92 Å². The summed E-state index contributed by atoms with van der Waals surface area (Å²) >= 11 is 6.15. The summed E-state index contributed by atoms with van der Waals surface area (Å²) < 4.78 is 27.3. The number of unbranched alkanes of at least 4 members (excludes halogenated alkanes) is 1. The van der Waals surface area contributed by atoms with E-state index >= 15 is 0 Å². The van der Waals surface area contributed by atoms with E-state index in [1.54, 1.807) is 42.6 Å². The summed E-state index contributed by atoms with van der Waals surface area (Å²) in [6.07, 6.45) is 4.07. The molecule has 0 aliphatic heterocycles. The van der Waals surface area contributed by atoms with Gasteiger partial charge in [0.1, 0.15) is 5.82 Å². The Bertz CT molecular complexity index is 1150. The van der Waals surface area contributed by atoms with Crippen LogP contribution in [-0.2, 0) is 13.1 Å². The fraction of sp³-hybridized carbons (Fsp3) is 0.333. The second-order valence-electron chi connectivity index (χ2n) is 6.84. The minimum Gasteiger partial charge on any atom is -0.332 e. The highest BCUT2D eigenvalue weighted by Gasteiger charge is 2.13. The summed E-state index contributed by atoms with van der Waals surface area (Å²) in [6.45, 7) is 4.55. The Labute approximate surface area is 183 Å². The van der Waals surface area contributed by atoms with E-state index in [-0.39, 0.29) is 34.1 Å². The molecule has 3 rings (SSSR count). The third kappa shape index (κ3) is 5.55. The van der Waals surface area contributed by atoms with Crippen molar-refractivity contribution in [2.24, 2.45) is 5.10 Å². The Kier molecular flexibility index (Phi) is 7.51. The van der Waals surface area contributed by atoms with Gasteiger partial charge in [-0.3, -0.25) is 14.4 Å². The maximum atomic E-state index is 12.9. The first-order valence-corrected chi connectivity index (χ1v) is 10.3. The second-order valence-corrected chi connectivity index (χ2v) is 7.18. The number of halogens is 3. The molecule has 3 aromatic rings. The molecule has 164 valence electrons. The van der Waals surface area contributed by atoms with Crippen LogP contribution in [0.25, 0.3) is 17.2 Å². The quantitative estimate of drug-likeness (QED) is 0.284. The lowest BCUT2D eigenvalue weighted by molar-refractivity contribution is 0.151. The van der Waals surface area contributed by atoms with E-state index in [1.165, 1.54) is 16.7 Å². The zero-order valence-electron chi connectivity index (χ0n) is 17.2. The lowest BCUT2D eigenvalue weighted by Crippen LogP contribution is -2.22. The van der Waals surface area contributed by atoms with Crippen LogP contribution in [-0.4, -0.2) is 30.7 Å². The number of hydrogen-bond acceptors (Lipinski definition) is 5.